The third-order valence-electron chi connectivity index (χ3n) is 6.49. The lowest BCUT2D eigenvalue weighted by atomic mass is 9.94. The number of carbonyl (C=O) groups excluding carboxylic acids is 1. The summed E-state index contributed by atoms with van der Waals surface area (Å²) in [7, 11) is -4.27. The zero-order valence-corrected chi connectivity index (χ0v) is 21.9. The average molecular weight is 601 g/mol. The van der Waals surface area contributed by atoms with Crippen molar-refractivity contribution >= 4 is 56.5 Å². The van der Waals surface area contributed by atoms with Crippen molar-refractivity contribution in [1.82, 2.24) is 4.90 Å². The summed E-state index contributed by atoms with van der Waals surface area (Å²) in [6.45, 7) is -1.99. The molecule has 2 aromatic carbocycles. The molecular formula is C23H19Cl3F3NO6S. The predicted octanol–water partition coefficient (Wildman–Crippen LogP) is 5.15. The Morgan fingerprint density at radius 2 is 1.73 bits per heavy atom. The number of rotatable bonds is 7. The lowest BCUT2D eigenvalue weighted by molar-refractivity contribution is -0.153. The van der Waals surface area contributed by atoms with Crippen molar-refractivity contribution in [2.45, 2.75) is 47.0 Å². The van der Waals surface area contributed by atoms with Crippen molar-refractivity contribution in [1.29, 1.82) is 0 Å². The van der Waals surface area contributed by atoms with E-state index in [-0.39, 0.29) is 27.2 Å². The highest BCUT2D eigenvalue weighted by Crippen LogP contribution is 2.51. The molecule has 1 N–H and O–H groups in total. The molecule has 2 atom stereocenters. The number of carbonyl (C=O) groups is 2. The molecule has 4 rings (SSSR count). The molecule has 14 heteroatoms. The van der Waals surface area contributed by atoms with Crippen LogP contribution in [0, 0.1) is 0 Å². The molecule has 1 saturated heterocycles. The van der Waals surface area contributed by atoms with E-state index in [4.69, 9.17) is 34.8 Å². The number of ether oxygens (including phenoxy) is 1. The maximum Gasteiger partial charge on any atom is 0.422 e. The van der Waals surface area contributed by atoms with Gasteiger partial charge in [-0.15, -0.1) is 0 Å². The minimum absolute atomic E-state index is 0.229. The zero-order chi connectivity index (χ0) is 27.3. The molecule has 1 aliphatic heterocycles. The molecule has 1 saturated carbocycles. The minimum atomic E-state index is -4.60. The number of amides is 1. The molecule has 1 amide bonds. The molecule has 7 nitrogen and oxygen atoms in total. The zero-order valence-electron chi connectivity index (χ0n) is 18.8. The Bertz CT molecular complexity index is 1360. The maximum atomic E-state index is 13.6. The summed E-state index contributed by atoms with van der Waals surface area (Å²) in [4.78, 5) is 26.2. The number of likely N-dealkylation sites (tertiary alicyclic amines) is 1. The third kappa shape index (κ3) is 5.50. The van der Waals surface area contributed by atoms with Crippen LogP contribution >= 0.6 is 34.8 Å². The summed E-state index contributed by atoms with van der Waals surface area (Å²) in [5.74, 6) is -2.18. The van der Waals surface area contributed by atoms with Crippen LogP contribution in [0.1, 0.15) is 24.8 Å². The number of nitrogens with zero attached hydrogens (tertiary/aromatic N) is 1. The summed E-state index contributed by atoms with van der Waals surface area (Å²) in [6.07, 6.45) is -4.13. The van der Waals surface area contributed by atoms with E-state index in [2.05, 4.69) is 4.74 Å². The van der Waals surface area contributed by atoms with E-state index in [1.54, 1.807) is 6.07 Å². The van der Waals surface area contributed by atoms with Gasteiger partial charge in [-0.25, -0.2) is 13.2 Å². The SMILES string of the molecule is O=C(O)[C@@H]1C[C@@H](S(=O)(=O)c2ccc(OCC(F)(F)F)cc2Cl)CN1C(=O)C1(c2ccc(Cl)c(Cl)c2)CC1. The molecule has 0 radical (unpaired) electrons. The second kappa shape index (κ2) is 9.83. The number of hydrogen-bond donors (Lipinski definition) is 1. The summed E-state index contributed by atoms with van der Waals surface area (Å²) in [6, 6.07) is 6.26. The maximum absolute atomic E-state index is 13.6. The fourth-order valence-electron chi connectivity index (χ4n) is 4.45. The number of halogens is 6. The lowest BCUT2D eigenvalue weighted by Crippen LogP contribution is -2.46. The van der Waals surface area contributed by atoms with Gasteiger partial charge < -0.3 is 14.7 Å². The lowest BCUT2D eigenvalue weighted by Gasteiger charge is -2.27. The van der Waals surface area contributed by atoms with E-state index >= 15 is 0 Å². The van der Waals surface area contributed by atoms with Crippen LogP contribution in [0.3, 0.4) is 0 Å². The number of aliphatic carboxylic acids is 1. The Morgan fingerprint density at radius 3 is 2.27 bits per heavy atom. The molecule has 1 aliphatic carbocycles. The van der Waals surface area contributed by atoms with Crippen LogP contribution < -0.4 is 4.74 Å². The molecule has 0 bridgehead atoms. The van der Waals surface area contributed by atoms with Gasteiger partial charge in [0.1, 0.15) is 11.8 Å². The first-order chi connectivity index (χ1) is 17.2. The van der Waals surface area contributed by atoms with Gasteiger partial charge in [0.15, 0.2) is 16.4 Å². The third-order valence-corrected chi connectivity index (χ3v) is 9.84. The van der Waals surface area contributed by atoms with Crippen LogP contribution in [0.5, 0.6) is 5.75 Å². The largest absolute Gasteiger partial charge is 0.484 e. The van der Waals surface area contributed by atoms with E-state index < -0.39 is 62.6 Å². The molecule has 2 fully saturated rings. The molecular weight excluding hydrogens is 582 g/mol. The predicted molar refractivity (Wildman–Crippen MR) is 129 cm³/mol. The summed E-state index contributed by atoms with van der Waals surface area (Å²) in [5, 5.41) is 8.61. The Balaban J connectivity index is 1.59. The Hall–Kier alpha value is -2.21. The Morgan fingerprint density at radius 1 is 1.05 bits per heavy atom. The van der Waals surface area contributed by atoms with E-state index in [0.29, 0.717) is 18.4 Å². The van der Waals surface area contributed by atoms with E-state index in [1.807, 2.05) is 0 Å². The Kier molecular flexibility index (Phi) is 7.39. The van der Waals surface area contributed by atoms with Crippen molar-refractivity contribution in [3.05, 3.63) is 57.0 Å². The molecule has 37 heavy (non-hydrogen) atoms. The number of benzene rings is 2. The highest BCUT2D eigenvalue weighted by molar-refractivity contribution is 7.92. The van der Waals surface area contributed by atoms with Crippen LogP contribution in [0.2, 0.25) is 15.1 Å². The normalized spacial score (nSPS) is 21.1. The fourth-order valence-corrected chi connectivity index (χ4v) is 6.98. The first kappa shape index (κ1) is 27.8. The monoisotopic (exact) mass is 599 g/mol. The molecule has 0 unspecified atom stereocenters. The van der Waals surface area contributed by atoms with Crippen molar-refractivity contribution in [2.24, 2.45) is 0 Å². The summed E-state index contributed by atoms with van der Waals surface area (Å²) >= 11 is 18.1. The van der Waals surface area contributed by atoms with Crippen molar-refractivity contribution in [3.63, 3.8) is 0 Å². The molecule has 0 spiro atoms. The van der Waals surface area contributed by atoms with Crippen molar-refractivity contribution in [2.75, 3.05) is 13.2 Å². The van der Waals surface area contributed by atoms with Gasteiger partial charge in [-0.05, 0) is 49.1 Å². The van der Waals surface area contributed by atoms with Crippen LogP contribution in [-0.2, 0) is 24.8 Å². The van der Waals surface area contributed by atoms with Gasteiger partial charge >= 0.3 is 12.1 Å². The second-order valence-corrected chi connectivity index (χ2v) is 12.3. The van der Waals surface area contributed by atoms with Crippen molar-refractivity contribution in [3.8, 4) is 5.75 Å². The summed E-state index contributed by atoms with van der Waals surface area (Å²) in [5.41, 5.74) is -0.477. The van der Waals surface area contributed by atoms with Crippen LogP contribution in [0.4, 0.5) is 13.2 Å². The van der Waals surface area contributed by atoms with Gasteiger partial charge in [-0.2, -0.15) is 13.2 Å². The first-order valence-corrected chi connectivity index (χ1v) is 13.6. The van der Waals surface area contributed by atoms with Crippen LogP contribution in [-0.4, -0.2) is 60.9 Å². The molecule has 200 valence electrons. The number of sulfone groups is 1. The summed E-state index contributed by atoms with van der Waals surface area (Å²) < 4.78 is 68.5. The number of hydrogen-bond acceptors (Lipinski definition) is 5. The van der Waals surface area contributed by atoms with Crippen molar-refractivity contribution < 1.29 is 41.0 Å². The quantitative estimate of drug-likeness (QED) is 0.472. The highest BCUT2D eigenvalue weighted by atomic mass is 35.5. The standard InChI is InChI=1S/C23H19Cl3F3NO6S/c24-15-3-1-12(7-16(15)25)22(5-6-22)21(33)30-10-14(9-18(30)20(31)32)37(34,35)19-4-2-13(8-17(19)26)36-11-23(27,28)29/h1-4,7-8,14,18H,5-6,9-11H2,(H,31,32)/t14-,18+/m1/s1. The van der Waals surface area contributed by atoms with Gasteiger partial charge in [0.2, 0.25) is 5.91 Å². The minimum Gasteiger partial charge on any atom is -0.484 e. The van der Waals surface area contributed by atoms with Gasteiger partial charge in [-0.1, -0.05) is 40.9 Å². The molecule has 0 aromatic heterocycles. The first-order valence-electron chi connectivity index (χ1n) is 10.9. The molecule has 1 heterocycles. The smallest absolute Gasteiger partial charge is 0.422 e. The van der Waals surface area contributed by atoms with Gasteiger partial charge in [0.05, 0.1) is 30.6 Å². The highest BCUT2D eigenvalue weighted by Gasteiger charge is 2.57. The Labute approximate surface area is 225 Å². The molecule has 2 aromatic rings. The van der Waals surface area contributed by atoms with Gasteiger partial charge in [0.25, 0.3) is 0 Å². The van der Waals surface area contributed by atoms with Crippen LogP contribution in [0.15, 0.2) is 41.3 Å². The number of alkyl halides is 3. The number of carboxylic acid groups (broad SMARTS) is 1. The van der Waals surface area contributed by atoms with Gasteiger partial charge in [0, 0.05) is 12.6 Å². The van der Waals surface area contributed by atoms with Crippen LogP contribution in [0.25, 0.3) is 0 Å². The fraction of sp³-hybridized carbons (Fsp3) is 0.391. The van der Waals surface area contributed by atoms with E-state index in [9.17, 15) is 36.3 Å². The van der Waals surface area contributed by atoms with Gasteiger partial charge in [-0.3, -0.25) is 4.79 Å². The molecule has 2 aliphatic rings. The topological polar surface area (TPSA) is 101 Å². The second-order valence-electron chi connectivity index (χ2n) is 8.92. The van der Waals surface area contributed by atoms with E-state index in [1.165, 1.54) is 12.1 Å². The average Bonchev–Trinajstić information content (AvgIpc) is 3.48. The number of carboxylic acids is 1. The van der Waals surface area contributed by atoms with E-state index in [0.717, 1.165) is 23.1 Å².